The summed E-state index contributed by atoms with van der Waals surface area (Å²) in [6.45, 7) is 0.706. The largest absolute Gasteiger partial charge is 0.445 e. The lowest BCUT2D eigenvalue weighted by molar-refractivity contribution is 0.141. The van der Waals surface area contributed by atoms with E-state index in [1.807, 2.05) is 73.8 Å². The quantitative estimate of drug-likeness (QED) is 0.855. The van der Waals surface area contributed by atoms with Gasteiger partial charge >= 0.3 is 6.09 Å². The predicted octanol–water partition coefficient (Wildman–Crippen LogP) is 3.67. The Morgan fingerprint density at radius 3 is 2.73 bits per heavy atom. The van der Waals surface area contributed by atoms with Gasteiger partial charge in [-0.25, -0.2) is 4.79 Å². The van der Waals surface area contributed by atoms with Crippen molar-refractivity contribution in [3.63, 3.8) is 0 Å². The van der Waals surface area contributed by atoms with Gasteiger partial charge in [0.2, 0.25) is 0 Å². The Morgan fingerprint density at radius 2 is 1.95 bits per heavy atom. The number of rotatable bonds is 6. The third-order valence-corrected chi connectivity index (χ3v) is 3.06. The molecule has 2 N–H and O–H groups in total. The minimum absolute atomic E-state index is 0.278. The SMILES string of the molecule is CNc1cccc(C=CCNC(=O)OCc2ccccc2)c1. The third kappa shape index (κ3) is 5.32. The van der Waals surface area contributed by atoms with Crippen LogP contribution >= 0.6 is 0 Å². The maximum absolute atomic E-state index is 11.6. The molecule has 0 radical (unpaired) electrons. The molecule has 0 aliphatic carbocycles. The Kier molecular flexibility index (Phi) is 6.05. The second-order valence-electron chi connectivity index (χ2n) is 4.72. The van der Waals surface area contributed by atoms with Crippen molar-refractivity contribution in [2.24, 2.45) is 0 Å². The number of alkyl carbamates (subject to hydrolysis) is 1. The van der Waals surface area contributed by atoms with Crippen molar-refractivity contribution in [1.29, 1.82) is 0 Å². The highest BCUT2D eigenvalue weighted by molar-refractivity contribution is 5.67. The molecular weight excluding hydrogens is 276 g/mol. The van der Waals surface area contributed by atoms with Crippen LogP contribution in [0.1, 0.15) is 11.1 Å². The van der Waals surface area contributed by atoms with E-state index in [1.165, 1.54) is 0 Å². The van der Waals surface area contributed by atoms with Gasteiger partial charge < -0.3 is 15.4 Å². The first-order chi connectivity index (χ1) is 10.8. The molecule has 2 aromatic rings. The molecule has 0 atom stereocenters. The summed E-state index contributed by atoms with van der Waals surface area (Å²) in [7, 11) is 1.88. The van der Waals surface area contributed by atoms with Gasteiger partial charge in [-0.3, -0.25) is 0 Å². The molecule has 0 aromatic heterocycles. The lowest BCUT2D eigenvalue weighted by Gasteiger charge is -2.05. The normalized spacial score (nSPS) is 10.4. The molecule has 2 rings (SSSR count). The molecule has 4 nitrogen and oxygen atoms in total. The summed E-state index contributed by atoms with van der Waals surface area (Å²) >= 11 is 0. The lowest BCUT2D eigenvalue weighted by Crippen LogP contribution is -2.24. The fourth-order valence-electron chi connectivity index (χ4n) is 1.91. The van der Waals surface area contributed by atoms with E-state index in [4.69, 9.17) is 4.74 Å². The van der Waals surface area contributed by atoms with Crippen molar-refractivity contribution in [2.45, 2.75) is 6.61 Å². The van der Waals surface area contributed by atoms with Crippen molar-refractivity contribution in [1.82, 2.24) is 5.32 Å². The number of amides is 1. The van der Waals surface area contributed by atoms with Gasteiger partial charge in [0.25, 0.3) is 0 Å². The molecule has 0 saturated carbocycles. The second-order valence-corrected chi connectivity index (χ2v) is 4.72. The average Bonchev–Trinajstić information content (AvgIpc) is 2.58. The first-order valence-corrected chi connectivity index (χ1v) is 7.17. The van der Waals surface area contributed by atoms with Crippen molar-refractivity contribution < 1.29 is 9.53 Å². The van der Waals surface area contributed by atoms with Crippen LogP contribution in [0, 0.1) is 0 Å². The van der Waals surface area contributed by atoms with Crippen molar-refractivity contribution in [3.05, 3.63) is 71.8 Å². The van der Waals surface area contributed by atoms with E-state index < -0.39 is 6.09 Å². The Bertz CT molecular complexity index is 624. The molecule has 2 aromatic carbocycles. The van der Waals surface area contributed by atoms with Gasteiger partial charge in [-0.15, -0.1) is 0 Å². The zero-order chi connectivity index (χ0) is 15.6. The standard InChI is InChI=1S/C18H20N2O2/c1-19-17-11-5-9-15(13-17)10-6-12-20-18(21)22-14-16-7-3-2-4-8-16/h2-11,13,19H,12,14H2,1H3,(H,20,21). The van der Waals surface area contributed by atoms with Gasteiger partial charge in [0.15, 0.2) is 0 Å². The number of benzene rings is 2. The molecule has 114 valence electrons. The molecule has 0 aliphatic heterocycles. The Morgan fingerprint density at radius 1 is 1.14 bits per heavy atom. The summed E-state index contributed by atoms with van der Waals surface area (Å²) in [5.74, 6) is 0. The van der Waals surface area contributed by atoms with Gasteiger partial charge in [-0.2, -0.15) is 0 Å². The van der Waals surface area contributed by atoms with E-state index >= 15 is 0 Å². The average molecular weight is 296 g/mol. The monoisotopic (exact) mass is 296 g/mol. The van der Waals surface area contributed by atoms with Crippen LogP contribution < -0.4 is 10.6 Å². The van der Waals surface area contributed by atoms with E-state index in [-0.39, 0.29) is 6.61 Å². The van der Waals surface area contributed by atoms with Gasteiger partial charge in [0.05, 0.1) is 0 Å². The maximum atomic E-state index is 11.6. The Hall–Kier alpha value is -2.75. The fraction of sp³-hybridized carbons (Fsp3) is 0.167. The van der Waals surface area contributed by atoms with Crippen LogP contribution in [0.3, 0.4) is 0 Å². The van der Waals surface area contributed by atoms with Gasteiger partial charge in [0, 0.05) is 19.3 Å². The first kappa shape index (κ1) is 15.6. The Labute approximate surface area is 130 Å². The summed E-state index contributed by atoms with van der Waals surface area (Å²) in [6.07, 6.45) is 3.43. The summed E-state index contributed by atoms with van der Waals surface area (Å²) in [5, 5.41) is 5.77. The van der Waals surface area contributed by atoms with E-state index in [0.717, 1.165) is 16.8 Å². The van der Waals surface area contributed by atoms with Crippen molar-refractivity contribution >= 4 is 17.9 Å². The minimum atomic E-state index is -0.419. The zero-order valence-corrected chi connectivity index (χ0v) is 12.6. The summed E-state index contributed by atoms with van der Waals surface area (Å²) in [6, 6.07) is 17.6. The van der Waals surface area contributed by atoms with Gasteiger partial charge in [-0.1, -0.05) is 54.6 Å². The fourth-order valence-corrected chi connectivity index (χ4v) is 1.91. The molecule has 0 spiro atoms. The highest BCUT2D eigenvalue weighted by Gasteiger charge is 2.00. The summed E-state index contributed by atoms with van der Waals surface area (Å²) in [4.78, 5) is 11.6. The molecule has 4 heteroatoms. The molecule has 0 aliphatic rings. The van der Waals surface area contributed by atoms with Crippen LogP contribution in [-0.2, 0) is 11.3 Å². The number of anilines is 1. The smallest absolute Gasteiger partial charge is 0.407 e. The van der Waals surface area contributed by atoms with E-state index in [2.05, 4.69) is 10.6 Å². The van der Waals surface area contributed by atoms with Crippen molar-refractivity contribution in [3.8, 4) is 0 Å². The maximum Gasteiger partial charge on any atom is 0.407 e. The highest BCUT2D eigenvalue weighted by atomic mass is 16.5. The minimum Gasteiger partial charge on any atom is -0.445 e. The predicted molar refractivity (Wildman–Crippen MR) is 89.7 cm³/mol. The number of ether oxygens (including phenoxy) is 1. The van der Waals surface area contributed by atoms with Gasteiger partial charge in [0.1, 0.15) is 6.61 Å². The third-order valence-electron chi connectivity index (χ3n) is 3.06. The summed E-state index contributed by atoms with van der Waals surface area (Å²) in [5.41, 5.74) is 3.10. The Balaban J connectivity index is 1.71. The van der Waals surface area contributed by atoms with Crippen LogP contribution in [0.5, 0.6) is 0 Å². The number of carbonyl (C=O) groups excluding carboxylic acids is 1. The highest BCUT2D eigenvalue weighted by Crippen LogP contribution is 2.10. The van der Waals surface area contributed by atoms with E-state index in [1.54, 1.807) is 0 Å². The topological polar surface area (TPSA) is 50.4 Å². The molecule has 0 unspecified atom stereocenters. The molecule has 0 bridgehead atoms. The zero-order valence-electron chi connectivity index (χ0n) is 12.6. The molecule has 0 fully saturated rings. The van der Waals surface area contributed by atoms with E-state index in [0.29, 0.717) is 6.54 Å². The number of hydrogen-bond acceptors (Lipinski definition) is 3. The van der Waals surface area contributed by atoms with Crippen LogP contribution in [0.15, 0.2) is 60.7 Å². The lowest BCUT2D eigenvalue weighted by atomic mass is 10.2. The molecule has 22 heavy (non-hydrogen) atoms. The molecule has 0 saturated heterocycles. The van der Waals surface area contributed by atoms with Crippen LogP contribution in [-0.4, -0.2) is 19.7 Å². The van der Waals surface area contributed by atoms with E-state index in [9.17, 15) is 4.79 Å². The number of hydrogen-bond donors (Lipinski definition) is 2. The van der Waals surface area contributed by atoms with Gasteiger partial charge in [-0.05, 0) is 23.3 Å². The number of carbonyl (C=O) groups is 1. The second kappa shape index (κ2) is 8.52. The van der Waals surface area contributed by atoms with Crippen LogP contribution in [0.25, 0.3) is 6.08 Å². The van der Waals surface area contributed by atoms with Crippen LogP contribution in [0.4, 0.5) is 10.5 Å². The summed E-state index contributed by atoms with van der Waals surface area (Å²) < 4.78 is 5.12. The number of nitrogens with one attached hydrogen (secondary N) is 2. The molecule has 0 heterocycles. The molecule has 1 amide bonds. The van der Waals surface area contributed by atoms with Crippen LogP contribution in [0.2, 0.25) is 0 Å². The first-order valence-electron chi connectivity index (χ1n) is 7.17. The molecular formula is C18H20N2O2. The van der Waals surface area contributed by atoms with Crippen molar-refractivity contribution in [2.75, 3.05) is 18.9 Å².